The first kappa shape index (κ1) is 14.5. The molecular formula is C14H22N2O2. The van der Waals surface area contributed by atoms with Gasteiger partial charge >= 0.3 is 6.09 Å². The van der Waals surface area contributed by atoms with Crippen LogP contribution in [0.1, 0.15) is 26.7 Å². The van der Waals surface area contributed by atoms with Crippen molar-refractivity contribution in [1.29, 1.82) is 0 Å². The maximum Gasteiger partial charge on any atom is 0.411 e. The van der Waals surface area contributed by atoms with Gasteiger partial charge in [-0.2, -0.15) is 0 Å². The standard InChI is InChI=1S/C14H22N2O2/c1-3-7-12(2)15-10-11-18-14(17)16-13-8-5-4-6-9-13/h4-6,8-9,12,15H,3,7,10-11H2,1-2H3,(H,16,17)/t12-/m0/s1. The Morgan fingerprint density at radius 3 is 2.72 bits per heavy atom. The van der Waals surface area contributed by atoms with E-state index in [-0.39, 0.29) is 0 Å². The Balaban J connectivity index is 2.11. The molecule has 0 saturated carbocycles. The van der Waals surface area contributed by atoms with Crippen LogP contribution < -0.4 is 10.6 Å². The van der Waals surface area contributed by atoms with Crippen molar-refractivity contribution in [2.75, 3.05) is 18.5 Å². The van der Waals surface area contributed by atoms with Crippen LogP contribution in [0.25, 0.3) is 0 Å². The summed E-state index contributed by atoms with van der Waals surface area (Å²) in [4.78, 5) is 11.4. The smallest absolute Gasteiger partial charge is 0.411 e. The second kappa shape index (κ2) is 8.53. The molecule has 0 unspecified atom stereocenters. The van der Waals surface area contributed by atoms with E-state index in [0.717, 1.165) is 18.5 Å². The molecule has 0 saturated heterocycles. The molecule has 0 aromatic heterocycles. The van der Waals surface area contributed by atoms with Gasteiger partial charge in [-0.15, -0.1) is 0 Å². The number of rotatable bonds is 7. The van der Waals surface area contributed by atoms with Crippen molar-refractivity contribution in [2.24, 2.45) is 0 Å². The molecule has 4 nitrogen and oxygen atoms in total. The number of hydrogen-bond acceptors (Lipinski definition) is 3. The fourth-order valence-electron chi connectivity index (χ4n) is 1.66. The topological polar surface area (TPSA) is 50.4 Å². The van der Waals surface area contributed by atoms with E-state index in [4.69, 9.17) is 4.74 Å². The Bertz CT molecular complexity index is 341. The van der Waals surface area contributed by atoms with Crippen molar-refractivity contribution in [3.8, 4) is 0 Å². The summed E-state index contributed by atoms with van der Waals surface area (Å²) in [7, 11) is 0. The van der Waals surface area contributed by atoms with Crippen LogP contribution in [0, 0.1) is 0 Å². The van der Waals surface area contributed by atoms with Crippen LogP contribution in [-0.2, 0) is 4.74 Å². The molecule has 0 spiro atoms. The van der Waals surface area contributed by atoms with Gasteiger partial charge in [0.05, 0.1) is 0 Å². The van der Waals surface area contributed by atoms with Crippen molar-refractivity contribution in [3.63, 3.8) is 0 Å². The summed E-state index contributed by atoms with van der Waals surface area (Å²) in [5.41, 5.74) is 0.745. The molecule has 0 aliphatic carbocycles. The van der Waals surface area contributed by atoms with Crippen LogP contribution in [0.5, 0.6) is 0 Å². The molecule has 4 heteroatoms. The van der Waals surface area contributed by atoms with Gasteiger partial charge in [0.1, 0.15) is 6.61 Å². The zero-order valence-electron chi connectivity index (χ0n) is 11.1. The van der Waals surface area contributed by atoms with E-state index in [0.29, 0.717) is 19.2 Å². The molecule has 1 atom stereocenters. The Morgan fingerprint density at radius 1 is 1.33 bits per heavy atom. The lowest BCUT2D eigenvalue weighted by molar-refractivity contribution is 0.161. The van der Waals surface area contributed by atoms with Crippen molar-refractivity contribution in [3.05, 3.63) is 30.3 Å². The quantitative estimate of drug-likeness (QED) is 0.731. The fourth-order valence-corrected chi connectivity index (χ4v) is 1.66. The summed E-state index contributed by atoms with van der Waals surface area (Å²) in [5, 5.41) is 5.96. The molecule has 0 fully saturated rings. The lowest BCUT2D eigenvalue weighted by Gasteiger charge is -2.12. The number of hydrogen-bond donors (Lipinski definition) is 2. The predicted molar refractivity (Wildman–Crippen MR) is 73.8 cm³/mol. The van der Waals surface area contributed by atoms with E-state index in [1.54, 1.807) is 0 Å². The lowest BCUT2D eigenvalue weighted by atomic mass is 10.2. The van der Waals surface area contributed by atoms with Gasteiger partial charge in [0.25, 0.3) is 0 Å². The minimum absolute atomic E-state index is 0.382. The van der Waals surface area contributed by atoms with Crippen molar-refractivity contribution in [1.82, 2.24) is 5.32 Å². The molecule has 18 heavy (non-hydrogen) atoms. The van der Waals surface area contributed by atoms with Crippen molar-refractivity contribution >= 4 is 11.8 Å². The third kappa shape index (κ3) is 6.25. The average Bonchev–Trinajstić information content (AvgIpc) is 2.36. The predicted octanol–water partition coefficient (Wildman–Crippen LogP) is 3.01. The molecule has 1 rings (SSSR count). The number of amides is 1. The zero-order chi connectivity index (χ0) is 13.2. The number of carbonyl (C=O) groups is 1. The van der Waals surface area contributed by atoms with Crippen LogP contribution in [0.3, 0.4) is 0 Å². The second-order valence-corrected chi connectivity index (χ2v) is 4.27. The summed E-state index contributed by atoms with van der Waals surface area (Å²) in [6, 6.07) is 9.74. The highest BCUT2D eigenvalue weighted by molar-refractivity contribution is 5.84. The number of carbonyl (C=O) groups excluding carboxylic acids is 1. The molecule has 0 bridgehead atoms. The number of para-hydroxylation sites is 1. The van der Waals surface area contributed by atoms with Crippen LogP contribution in [0.4, 0.5) is 10.5 Å². The molecule has 100 valence electrons. The van der Waals surface area contributed by atoms with E-state index >= 15 is 0 Å². The Hall–Kier alpha value is -1.55. The van der Waals surface area contributed by atoms with E-state index < -0.39 is 6.09 Å². The van der Waals surface area contributed by atoms with E-state index in [1.165, 1.54) is 0 Å². The van der Waals surface area contributed by atoms with E-state index in [2.05, 4.69) is 24.5 Å². The highest BCUT2D eigenvalue weighted by Gasteiger charge is 2.03. The van der Waals surface area contributed by atoms with Crippen LogP contribution in [0.15, 0.2) is 30.3 Å². The number of ether oxygens (including phenoxy) is 1. The van der Waals surface area contributed by atoms with Crippen molar-refractivity contribution in [2.45, 2.75) is 32.7 Å². The molecule has 0 radical (unpaired) electrons. The van der Waals surface area contributed by atoms with Gasteiger partial charge in [-0.05, 0) is 25.5 Å². The summed E-state index contributed by atoms with van der Waals surface area (Å²) >= 11 is 0. The van der Waals surface area contributed by atoms with Gasteiger partial charge in [-0.1, -0.05) is 31.5 Å². The lowest BCUT2D eigenvalue weighted by Crippen LogP contribution is -2.30. The molecule has 0 aliphatic heterocycles. The SMILES string of the molecule is CCC[C@H](C)NCCOC(=O)Nc1ccccc1. The second-order valence-electron chi connectivity index (χ2n) is 4.27. The summed E-state index contributed by atoms with van der Waals surface area (Å²) in [6.07, 6.45) is 1.88. The molecule has 1 aromatic carbocycles. The van der Waals surface area contributed by atoms with Gasteiger partial charge in [0.2, 0.25) is 0 Å². The molecule has 1 aromatic rings. The Labute approximate surface area is 109 Å². The summed E-state index contributed by atoms with van der Waals surface area (Å²) in [5.74, 6) is 0. The Morgan fingerprint density at radius 2 is 2.06 bits per heavy atom. The molecule has 1 amide bonds. The largest absolute Gasteiger partial charge is 0.448 e. The first-order valence-corrected chi connectivity index (χ1v) is 6.44. The molecule has 0 heterocycles. The van der Waals surface area contributed by atoms with Crippen LogP contribution in [-0.4, -0.2) is 25.3 Å². The normalized spacial score (nSPS) is 11.9. The number of benzene rings is 1. The summed E-state index contributed by atoms with van der Waals surface area (Å²) < 4.78 is 5.06. The molecule has 2 N–H and O–H groups in total. The Kier molecular flexibility index (Phi) is 6.87. The maximum atomic E-state index is 11.4. The van der Waals surface area contributed by atoms with Gasteiger partial charge in [0, 0.05) is 18.3 Å². The van der Waals surface area contributed by atoms with Gasteiger partial charge in [0.15, 0.2) is 0 Å². The van der Waals surface area contributed by atoms with Crippen LogP contribution >= 0.6 is 0 Å². The van der Waals surface area contributed by atoms with Gasteiger partial charge in [-0.3, -0.25) is 5.32 Å². The molecule has 0 aliphatic rings. The monoisotopic (exact) mass is 250 g/mol. The first-order chi connectivity index (χ1) is 8.72. The third-order valence-corrected chi connectivity index (χ3v) is 2.57. The fraction of sp³-hybridized carbons (Fsp3) is 0.500. The first-order valence-electron chi connectivity index (χ1n) is 6.44. The highest BCUT2D eigenvalue weighted by Crippen LogP contribution is 2.04. The molecular weight excluding hydrogens is 228 g/mol. The summed E-state index contributed by atoms with van der Waals surface area (Å²) in [6.45, 7) is 5.35. The van der Waals surface area contributed by atoms with Gasteiger partial charge in [-0.25, -0.2) is 4.79 Å². The minimum atomic E-state index is -0.411. The average molecular weight is 250 g/mol. The van der Waals surface area contributed by atoms with Crippen LogP contribution in [0.2, 0.25) is 0 Å². The number of anilines is 1. The maximum absolute atomic E-state index is 11.4. The van der Waals surface area contributed by atoms with Crippen molar-refractivity contribution < 1.29 is 9.53 Å². The van der Waals surface area contributed by atoms with Gasteiger partial charge < -0.3 is 10.1 Å². The third-order valence-electron chi connectivity index (χ3n) is 2.57. The van der Waals surface area contributed by atoms with E-state index in [9.17, 15) is 4.79 Å². The highest BCUT2D eigenvalue weighted by atomic mass is 16.5. The minimum Gasteiger partial charge on any atom is -0.448 e. The number of nitrogens with one attached hydrogen (secondary N) is 2. The zero-order valence-corrected chi connectivity index (χ0v) is 11.1. The van der Waals surface area contributed by atoms with E-state index in [1.807, 2.05) is 30.3 Å².